The molecule has 0 saturated heterocycles. The molecule has 1 aromatic heterocycles. The number of benzene rings is 1. The maximum atomic E-state index is 5.15. The fourth-order valence-corrected chi connectivity index (χ4v) is 2.33. The molecule has 2 aromatic rings. The topological polar surface area (TPSA) is 36.3 Å². The molecule has 5 heteroatoms. The fourth-order valence-electron chi connectivity index (χ4n) is 1.72. The number of aromatic nitrogens is 2. The van der Waals surface area contributed by atoms with Gasteiger partial charge in [-0.25, -0.2) is 4.98 Å². The molecule has 0 N–H and O–H groups in total. The highest BCUT2D eigenvalue weighted by atomic mass is 127. The smallest absolute Gasteiger partial charge is 0.126 e. The zero-order valence-electron chi connectivity index (χ0n) is 10.8. The Balaban J connectivity index is 2.20. The molecule has 0 radical (unpaired) electrons. The maximum Gasteiger partial charge on any atom is 0.126 e. The zero-order valence-corrected chi connectivity index (χ0v) is 13.0. The maximum absolute atomic E-state index is 5.15. The molecule has 0 aliphatic rings. The minimum Gasteiger partial charge on any atom is -0.504 e. The third-order valence-corrected chi connectivity index (χ3v) is 3.54. The average Bonchev–Trinajstić information content (AvgIpc) is 2.78. The number of nitrogens with zero attached hydrogens (tertiary/aromatic N) is 2. The number of ether oxygens (including phenoxy) is 2. The first-order chi connectivity index (χ1) is 9.24. The summed E-state index contributed by atoms with van der Waals surface area (Å²) < 4.78 is 13.2. The molecule has 0 aliphatic heterocycles. The van der Waals surface area contributed by atoms with Crippen LogP contribution in [0.4, 0.5) is 0 Å². The highest BCUT2D eigenvalue weighted by molar-refractivity contribution is 14.1. The van der Waals surface area contributed by atoms with Gasteiger partial charge in [0.2, 0.25) is 0 Å². The van der Waals surface area contributed by atoms with E-state index in [-0.39, 0.29) is 0 Å². The number of hydrogen-bond donors (Lipinski definition) is 0. The molecule has 1 heterocycles. The van der Waals surface area contributed by atoms with Crippen molar-refractivity contribution in [1.82, 2.24) is 9.55 Å². The lowest BCUT2D eigenvalue weighted by Gasteiger charge is -2.07. The largest absolute Gasteiger partial charge is 0.504 e. The Morgan fingerprint density at radius 2 is 2.00 bits per heavy atom. The summed E-state index contributed by atoms with van der Waals surface area (Å²) in [5.41, 5.74) is 2.24. The molecule has 19 heavy (non-hydrogen) atoms. The molecular formula is C14H15IN2O2. The molecule has 1 aromatic carbocycles. The van der Waals surface area contributed by atoms with Crippen molar-refractivity contribution in [2.45, 2.75) is 6.54 Å². The van der Waals surface area contributed by atoms with Gasteiger partial charge in [-0.3, -0.25) is 0 Å². The van der Waals surface area contributed by atoms with Crippen LogP contribution in [0.1, 0.15) is 11.3 Å². The van der Waals surface area contributed by atoms with Gasteiger partial charge in [0, 0.05) is 6.54 Å². The van der Waals surface area contributed by atoms with Crippen molar-refractivity contribution < 1.29 is 9.47 Å². The molecule has 0 saturated carbocycles. The molecule has 0 fully saturated rings. The Bertz CT molecular complexity index is 561. The second-order valence-electron chi connectivity index (χ2n) is 3.94. The molecule has 100 valence electrons. The molecular weight excluding hydrogens is 355 g/mol. The SMILES string of the molecule is COC=Cc1c(I)ncn1Cc1ccc(OC)cc1. The highest BCUT2D eigenvalue weighted by Crippen LogP contribution is 2.16. The van der Waals surface area contributed by atoms with Crippen LogP contribution in [-0.2, 0) is 11.3 Å². The third-order valence-electron chi connectivity index (χ3n) is 2.71. The lowest BCUT2D eigenvalue weighted by Crippen LogP contribution is -2.01. The molecule has 0 aliphatic carbocycles. The van der Waals surface area contributed by atoms with E-state index in [1.807, 2.05) is 24.5 Å². The number of rotatable bonds is 5. The van der Waals surface area contributed by atoms with Crippen LogP contribution < -0.4 is 4.74 Å². The van der Waals surface area contributed by atoms with E-state index in [0.29, 0.717) is 0 Å². The molecule has 0 atom stereocenters. The van der Waals surface area contributed by atoms with E-state index in [2.05, 4.69) is 44.3 Å². The molecule has 0 spiro atoms. The van der Waals surface area contributed by atoms with E-state index in [4.69, 9.17) is 9.47 Å². The van der Waals surface area contributed by atoms with E-state index >= 15 is 0 Å². The van der Waals surface area contributed by atoms with E-state index in [1.54, 1.807) is 20.5 Å². The average molecular weight is 370 g/mol. The van der Waals surface area contributed by atoms with Crippen molar-refractivity contribution in [2.24, 2.45) is 0 Å². The first-order valence-corrected chi connectivity index (χ1v) is 6.85. The predicted molar refractivity (Wildman–Crippen MR) is 83.1 cm³/mol. The van der Waals surface area contributed by atoms with Crippen molar-refractivity contribution in [2.75, 3.05) is 14.2 Å². The Morgan fingerprint density at radius 3 is 2.63 bits per heavy atom. The first-order valence-electron chi connectivity index (χ1n) is 5.77. The van der Waals surface area contributed by atoms with Gasteiger partial charge in [0.1, 0.15) is 9.45 Å². The standard InChI is InChI=1S/C14H15IN2O2/c1-18-8-7-13-14(15)16-10-17(13)9-11-3-5-12(19-2)6-4-11/h3-8,10H,9H2,1-2H3. The predicted octanol–water partition coefficient (Wildman–Crippen LogP) is 3.16. The Kier molecular flexibility index (Phi) is 4.84. The van der Waals surface area contributed by atoms with E-state index in [0.717, 1.165) is 21.7 Å². The van der Waals surface area contributed by atoms with Gasteiger partial charge < -0.3 is 14.0 Å². The second kappa shape index (κ2) is 6.60. The van der Waals surface area contributed by atoms with Gasteiger partial charge in [-0.15, -0.1) is 0 Å². The number of halogens is 1. The van der Waals surface area contributed by atoms with Crippen molar-refractivity contribution in [3.63, 3.8) is 0 Å². The van der Waals surface area contributed by atoms with Crippen molar-refractivity contribution in [1.29, 1.82) is 0 Å². The van der Waals surface area contributed by atoms with Gasteiger partial charge in [-0.05, 0) is 46.4 Å². The minimum absolute atomic E-state index is 0.767. The van der Waals surface area contributed by atoms with Crippen LogP contribution in [0.2, 0.25) is 0 Å². The van der Waals surface area contributed by atoms with E-state index in [1.165, 1.54) is 5.56 Å². The van der Waals surface area contributed by atoms with Crippen molar-refractivity contribution >= 4 is 28.7 Å². The number of hydrogen-bond acceptors (Lipinski definition) is 3. The van der Waals surface area contributed by atoms with Gasteiger partial charge in [-0.2, -0.15) is 0 Å². The Morgan fingerprint density at radius 1 is 1.26 bits per heavy atom. The summed E-state index contributed by atoms with van der Waals surface area (Å²) in [6, 6.07) is 8.02. The monoisotopic (exact) mass is 370 g/mol. The molecule has 0 amide bonds. The molecule has 0 unspecified atom stereocenters. The van der Waals surface area contributed by atoms with Crippen LogP contribution in [0.3, 0.4) is 0 Å². The molecule has 4 nitrogen and oxygen atoms in total. The number of imidazole rings is 1. The summed E-state index contributed by atoms with van der Waals surface area (Å²) in [4.78, 5) is 4.32. The van der Waals surface area contributed by atoms with Crippen molar-refractivity contribution in [3.05, 3.63) is 51.8 Å². The summed E-state index contributed by atoms with van der Waals surface area (Å²) in [7, 11) is 3.30. The van der Waals surface area contributed by atoms with E-state index < -0.39 is 0 Å². The summed E-state index contributed by atoms with van der Waals surface area (Å²) in [6.07, 6.45) is 5.41. The molecule has 0 bridgehead atoms. The summed E-state index contributed by atoms with van der Waals surface area (Å²) in [6.45, 7) is 0.767. The lowest BCUT2D eigenvalue weighted by atomic mass is 10.2. The molecule has 2 rings (SSSR count). The highest BCUT2D eigenvalue weighted by Gasteiger charge is 2.06. The van der Waals surface area contributed by atoms with Gasteiger partial charge in [-0.1, -0.05) is 12.1 Å². The Hall–Kier alpha value is -1.50. The zero-order chi connectivity index (χ0) is 13.7. The fraction of sp³-hybridized carbons (Fsp3) is 0.214. The van der Waals surface area contributed by atoms with Crippen LogP contribution in [0.25, 0.3) is 6.08 Å². The van der Waals surface area contributed by atoms with Gasteiger partial charge in [0.05, 0.1) is 32.5 Å². The van der Waals surface area contributed by atoms with Crippen LogP contribution >= 0.6 is 22.6 Å². The minimum atomic E-state index is 0.767. The first kappa shape index (κ1) is 13.9. The summed E-state index contributed by atoms with van der Waals surface area (Å²) >= 11 is 2.22. The third kappa shape index (κ3) is 3.50. The quantitative estimate of drug-likeness (QED) is 0.599. The lowest BCUT2D eigenvalue weighted by molar-refractivity contribution is 0.341. The van der Waals surface area contributed by atoms with Gasteiger partial charge >= 0.3 is 0 Å². The van der Waals surface area contributed by atoms with E-state index in [9.17, 15) is 0 Å². The van der Waals surface area contributed by atoms with Crippen molar-refractivity contribution in [3.8, 4) is 5.75 Å². The van der Waals surface area contributed by atoms with Crippen LogP contribution in [-0.4, -0.2) is 23.8 Å². The second-order valence-corrected chi connectivity index (χ2v) is 4.96. The Labute approximate surface area is 126 Å². The summed E-state index contributed by atoms with van der Waals surface area (Å²) in [5, 5.41) is 0. The normalized spacial score (nSPS) is 10.9. The van der Waals surface area contributed by atoms with Crippen LogP contribution in [0, 0.1) is 3.70 Å². The van der Waals surface area contributed by atoms with Gasteiger partial charge in [0.25, 0.3) is 0 Å². The number of methoxy groups -OCH3 is 2. The van der Waals surface area contributed by atoms with Crippen LogP contribution in [0.15, 0.2) is 36.9 Å². The van der Waals surface area contributed by atoms with Gasteiger partial charge in [0.15, 0.2) is 0 Å². The summed E-state index contributed by atoms with van der Waals surface area (Å²) in [5.74, 6) is 0.864. The van der Waals surface area contributed by atoms with Crippen LogP contribution in [0.5, 0.6) is 5.75 Å².